The molecule has 4 N–H and O–H groups in total. The minimum atomic E-state index is -4.02. The first kappa shape index (κ1) is 21.1. The number of ether oxygens (including phenoxy) is 1. The van der Waals surface area contributed by atoms with Crippen molar-refractivity contribution in [2.75, 3.05) is 11.9 Å². The van der Waals surface area contributed by atoms with Crippen LogP contribution in [0.3, 0.4) is 0 Å². The number of carbonyl (C=O) groups is 1. The largest absolute Gasteiger partial charge is 0.508 e. The zero-order valence-electron chi connectivity index (χ0n) is 15.1. The predicted octanol–water partition coefficient (Wildman–Crippen LogP) is 0.971. The maximum absolute atomic E-state index is 12.7. The molecule has 1 aromatic carbocycles. The fourth-order valence-corrected chi connectivity index (χ4v) is 3.75. The average Bonchev–Trinajstić information content (AvgIpc) is 3.16. The number of hydrogen-bond donors (Lipinski definition) is 3. The number of hydrogen-bond acceptors (Lipinski definition) is 10. The number of primary sulfonamides is 1. The number of phenolic OH excluding ortho intramolecular Hbond substituents is 1. The van der Waals surface area contributed by atoms with Crippen molar-refractivity contribution in [2.45, 2.75) is 36.3 Å². The maximum atomic E-state index is 12.7. The molecule has 1 saturated heterocycles. The molecule has 2 heterocycles. The van der Waals surface area contributed by atoms with E-state index in [1.54, 1.807) is 12.1 Å². The number of anilines is 1. The van der Waals surface area contributed by atoms with Crippen molar-refractivity contribution in [3.8, 4) is 5.75 Å². The van der Waals surface area contributed by atoms with E-state index in [0.717, 1.165) is 12.8 Å². The van der Waals surface area contributed by atoms with Crippen LogP contribution in [0, 0.1) is 0 Å². The van der Waals surface area contributed by atoms with Crippen LogP contribution in [0.25, 0.3) is 0 Å². The Bertz CT molecular complexity index is 983. The Labute approximate surface area is 170 Å². The molecule has 0 spiro atoms. The number of nitrogens with one attached hydrogen (secondary N) is 1. The molecule has 0 saturated carbocycles. The number of benzene rings is 1. The van der Waals surface area contributed by atoms with Gasteiger partial charge in [-0.1, -0.05) is 28.6 Å². The smallest absolute Gasteiger partial charge is 0.275 e. The van der Waals surface area contributed by atoms with Gasteiger partial charge in [0.1, 0.15) is 11.5 Å². The van der Waals surface area contributed by atoms with E-state index in [4.69, 9.17) is 14.7 Å². The molecule has 3 rings (SSSR count). The van der Waals surface area contributed by atoms with Crippen LogP contribution >= 0.6 is 11.3 Å². The van der Waals surface area contributed by atoms with E-state index < -0.39 is 26.6 Å². The first-order valence-electron chi connectivity index (χ1n) is 8.61. The van der Waals surface area contributed by atoms with Crippen molar-refractivity contribution in [1.82, 2.24) is 10.2 Å². The molecule has 0 bridgehead atoms. The average molecular weight is 441 g/mol. The summed E-state index contributed by atoms with van der Waals surface area (Å²) in [6.07, 6.45) is 2.09. The Hall–Kier alpha value is -2.61. The van der Waals surface area contributed by atoms with Crippen molar-refractivity contribution in [2.24, 2.45) is 10.3 Å². The third-order valence-corrected chi connectivity index (χ3v) is 6.01. The Morgan fingerprint density at radius 1 is 1.34 bits per heavy atom. The van der Waals surface area contributed by atoms with Gasteiger partial charge < -0.3 is 14.7 Å². The standard InChI is InChI=1S/C16H19N5O6S2/c17-29(24,25)16-20-19-15(28-16)18-14(23)12(9-10-4-6-11(22)7-5-10)21-27-13-3-1-2-8-26-13/h4-7,13,22H,1-3,8-9H2,(H2,17,24,25)(H,18,19,23)/b21-12+. The zero-order chi connectivity index (χ0) is 20.9. The van der Waals surface area contributed by atoms with Gasteiger partial charge in [0.15, 0.2) is 0 Å². The highest BCUT2D eigenvalue weighted by Gasteiger charge is 2.21. The first-order chi connectivity index (χ1) is 13.8. The van der Waals surface area contributed by atoms with Crippen molar-refractivity contribution in [3.63, 3.8) is 0 Å². The van der Waals surface area contributed by atoms with Gasteiger partial charge in [-0.15, -0.1) is 10.2 Å². The molecular formula is C16H19N5O6S2. The molecule has 1 atom stereocenters. The van der Waals surface area contributed by atoms with E-state index >= 15 is 0 Å². The topological polar surface area (TPSA) is 166 Å². The van der Waals surface area contributed by atoms with E-state index in [9.17, 15) is 18.3 Å². The number of phenols is 1. The number of aromatic hydroxyl groups is 1. The molecule has 29 heavy (non-hydrogen) atoms. The lowest BCUT2D eigenvalue weighted by Gasteiger charge is -2.20. The van der Waals surface area contributed by atoms with Crippen LogP contribution in [-0.4, -0.2) is 48.2 Å². The predicted molar refractivity (Wildman–Crippen MR) is 104 cm³/mol. The number of aromatic nitrogens is 2. The second-order valence-corrected chi connectivity index (χ2v) is 8.87. The van der Waals surface area contributed by atoms with Gasteiger partial charge >= 0.3 is 0 Å². The zero-order valence-corrected chi connectivity index (χ0v) is 16.8. The van der Waals surface area contributed by atoms with Crippen molar-refractivity contribution in [3.05, 3.63) is 29.8 Å². The molecular weight excluding hydrogens is 422 g/mol. The minimum absolute atomic E-state index is 0.0113. The number of sulfonamides is 1. The third kappa shape index (κ3) is 6.19. The first-order valence-corrected chi connectivity index (χ1v) is 11.0. The fourth-order valence-electron chi connectivity index (χ4n) is 2.42. The molecule has 1 aliphatic heterocycles. The van der Waals surface area contributed by atoms with E-state index in [1.165, 1.54) is 12.1 Å². The molecule has 11 nitrogen and oxygen atoms in total. The Balaban J connectivity index is 1.75. The molecule has 13 heteroatoms. The Morgan fingerprint density at radius 2 is 2.10 bits per heavy atom. The van der Waals surface area contributed by atoms with Gasteiger partial charge in [0.2, 0.25) is 15.8 Å². The normalized spacial score (nSPS) is 17.7. The quantitative estimate of drug-likeness (QED) is 0.325. The van der Waals surface area contributed by atoms with E-state index in [1.807, 2.05) is 0 Å². The highest BCUT2D eigenvalue weighted by Crippen LogP contribution is 2.19. The van der Waals surface area contributed by atoms with Crippen molar-refractivity contribution >= 4 is 38.1 Å². The highest BCUT2D eigenvalue weighted by atomic mass is 32.2. The van der Waals surface area contributed by atoms with Gasteiger partial charge in [-0.25, -0.2) is 13.6 Å². The van der Waals surface area contributed by atoms with Crippen LogP contribution in [0.2, 0.25) is 0 Å². The lowest BCUT2D eigenvalue weighted by Crippen LogP contribution is -2.27. The fraction of sp³-hybridized carbons (Fsp3) is 0.375. The number of nitrogens with zero attached hydrogens (tertiary/aromatic N) is 3. The number of amides is 1. The maximum Gasteiger partial charge on any atom is 0.275 e. The second-order valence-electron chi connectivity index (χ2n) is 6.16. The molecule has 2 aromatic rings. The monoisotopic (exact) mass is 441 g/mol. The van der Waals surface area contributed by atoms with E-state index in [2.05, 4.69) is 20.7 Å². The summed E-state index contributed by atoms with van der Waals surface area (Å²) < 4.78 is 27.6. The van der Waals surface area contributed by atoms with Gasteiger partial charge in [0, 0.05) is 12.8 Å². The Kier molecular flexibility index (Phi) is 6.74. The van der Waals surface area contributed by atoms with E-state index in [0.29, 0.717) is 29.9 Å². The molecule has 1 amide bonds. The van der Waals surface area contributed by atoms with Crippen LogP contribution in [0.15, 0.2) is 33.8 Å². The summed E-state index contributed by atoms with van der Waals surface area (Å²) in [5.41, 5.74) is 0.713. The number of rotatable bonds is 7. The molecule has 156 valence electrons. The second kappa shape index (κ2) is 9.26. The van der Waals surface area contributed by atoms with Crippen LogP contribution in [0.5, 0.6) is 5.75 Å². The summed E-state index contributed by atoms with van der Waals surface area (Å²) in [7, 11) is -4.02. The highest BCUT2D eigenvalue weighted by molar-refractivity contribution is 7.91. The van der Waals surface area contributed by atoms with Gasteiger partial charge in [0.25, 0.3) is 15.9 Å². The summed E-state index contributed by atoms with van der Waals surface area (Å²) in [5, 5.41) is 27.8. The summed E-state index contributed by atoms with van der Waals surface area (Å²) in [5.74, 6) is -0.557. The number of nitrogens with two attached hydrogens (primary N) is 1. The van der Waals surface area contributed by atoms with Gasteiger partial charge in [-0.3, -0.25) is 10.1 Å². The van der Waals surface area contributed by atoms with E-state index in [-0.39, 0.29) is 23.0 Å². The van der Waals surface area contributed by atoms with Gasteiger partial charge in [-0.05, 0) is 30.5 Å². The summed E-state index contributed by atoms with van der Waals surface area (Å²) >= 11 is 0.619. The molecule has 0 aliphatic carbocycles. The van der Waals surface area contributed by atoms with Crippen LogP contribution in [-0.2, 0) is 30.8 Å². The lowest BCUT2D eigenvalue weighted by atomic mass is 10.1. The van der Waals surface area contributed by atoms with Crippen molar-refractivity contribution in [1.29, 1.82) is 0 Å². The summed E-state index contributed by atoms with van der Waals surface area (Å²) in [4.78, 5) is 18.0. The van der Waals surface area contributed by atoms with Crippen LogP contribution in [0.4, 0.5) is 5.13 Å². The molecule has 1 unspecified atom stereocenters. The molecule has 1 aliphatic rings. The summed E-state index contributed by atoms with van der Waals surface area (Å²) in [6.45, 7) is 0.556. The van der Waals surface area contributed by atoms with Crippen molar-refractivity contribution < 1.29 is 27.9 Å². The van der Waals surface area contributed by atoms with Gasteiger partial charge in [0.05, 0.1) is 6.61 Å². The third-order valence-electron chi connectivity index (χ3n) is 3.86. The molecule has 0 radical (unpaired) electrons. The van der Waals surface area contributed by atoms with Crippen LogP contribution < -0.4 is 10.5 Å². The number of oxime groups is 1. The lowest BCUT2D eigenvalue weighted by molar-refractivity contribution is -0.162. The van der Waals surface area contributed by atoms with Crippen LogP contribution in [0.1, 0.15) is 24.8 Å². The Morgan fingerprint density at radius 3 is 2.72 bits per heavy atom. The SMILES string of the molecule is NS(=O)(=O)c1nnc(NC(=O)/C(Cc2ccc(O)cc2)=N/OC2CCCCO2)s1. The molecule has 1 aromatic heterocycles. The molecule has 1 fully saturated rings. The van der Waals surface area contributed by atoms with Gasteiger partial charge in [-0.2, -0.15) is 0 Å². The minimum Gasteiger partial charge on any atom is -0.508 e. The summed E-state index contributed by atoms with van der Waals surface area (Å²) in [6, 6.07) is 6.25. The number of carbonyl (C=O) groups excluding carboxylic acids is 1.